The highest BCUT2D eigenvalue weighted by molar-refractivity contribution is 5.43. The molecule has 0 radical (unpaired) electrons. The van der Waals surface area contributed by atoms with E-state index in [1.165, 1.54) is 16.7 Å². The number of aryl methyl sites for hydroxylation is 1. The first-order valence-electron chi connectivity index (χ1n) is 8.82. The number of hydrogen-bond acceptors (Lipinski definition) is 3. The number of rotatable bonds is 6. The van der Waals surface area contributed by atoms with Crippen LogP contribution in [0.4, 0.5) is 0 Å². The number of ether oxygens (including phenoxy) is 2. The van der Waals surface area contributed by atoms with Gasteiger partial charge < -0.3 is 15.2 Å². The third kappa shape index (κ3) is 4.55. The normalized spacial score (nSPS) is 12.8. The van der Waals surface area contributed by atoms with Crippen LogP contribution in [0.2, 0.25) is 0 Å². The second-order valence-electron chi connectivity index (χ2n) is 7.64. The van der Waals surface area contributed by atoms with Crippen molar-refractivity contribution in [3.63, 3.8) is 0 Å². The molecular weight excluding hydrogens is 310 g/mol. The average molecular weight is 341 g/mol. The Balaban J connectivity index is 2.38. The zero-order chi connectivity index (χ0) is 18.6. The van der Waals surface area contributed by atoms with Gasteiger partial charge in [-0.2, -0.15) is 0 Å². The van der Waals surface area contributed by atoms with E-state index in [1.807, 2.05) is 12.1 Å². The maximum absolute atomic E-state index is 6.16. The summed E-state index contributed by atoms with van der Waals surface area (Å²) in [4.78, 5) is 0. The average Bonchev–Trinajstić information content (AvgIpc) is 2.59. The molecule has 25 heavy (non-hydrogen) atoms. The fourth-order valence-corrected chi connectivity index (χ4v) is 3.15. The fourth-order valence-electron chi connectivity index (χ4n) is 3.15. The van der Waals surface area contributed by atoms with Crippen molar-refractivity contribution < 1.29 is 9.47 Å². The number of methoxy groups -OCH3 is 2. The van der Waals surface area contributed by atoms with Crippen LogP contribution in [-0.2, 0) is 11.8 Å². The lowest BCUT2D eigenvalue weighted by Gasteiger charge is -2.24. The summed E-state index contributed by atoms with van der Waals surface area (Å²) < 4.78 is 10.9. The highest BCUT2D eigenvalue weighted by Crippen LogP contribution is 2.33. The second kappa shape index (κ2) is 7.92. The molecule has 0 aliphatic rings. The predicted octanol–water partition coefficient (Wildman–Crippen LogP) is 4.59. The van der Waals surface area contributed by atoms with Crippen molar-refractivity contribution in [1.82, 2.24) is 0 Å². The van der Waals surface area contributed by atoms with Crippen LogP contribution in [-0.4, -0.2) is 20.8 Å². The maximum Gasteiger partial charge on any atom is 0.125 e. The Morgan fingerprint density at radius 3 is 2.28 bits per heavy atom. The molecule has 3 heteroatoms. The van der Waals surface area contributed by atoms with Gasteiger partial charge in [0.2, 0.25) is 0 Å². The quantitative estimate of drug-likeness (QED) is 0.835. The van der Waals surface area contributed by atoms with E-state index in [0.717, 1.165) is 23.5 Å². The molecule has 0 heterocycles. The zero-order valence-electron chi connectivity index (χ0n) is 16.3. The summed E-state index contributed by atoms with van der Waals surface area (Å²) in [7, 11) is 3.36. The lowest BCUT2D eigenvalue weighted by atomic mass is 9.81. The Morgan fingerprint density at radius 2 is 1.72 bits per heavy atom. The molecule has 0 aliphatic heterocycles. The number of hydrogen-bond donors (Lipinski definition) is 1. The van der Waals surface area contributed by atoms with Crippen LogP contribution in [0.25, 0.3) is 0 Å². The van der Waals surface area contributed by atoms with Crippen LogP contribution in [0.3, 0.4) is 0 Å². The summed E-state index contributed by atoms with van der Waals surface area (Å²) in [6.45, 7) is 9.49. The largest absolute Gasteiger partial charge is 0.497 e. The van der Waals surface area contributed by atoms with Gasteiger partial charge in [0.15, 0.2) is 0 Å². The van der Waals surface area contributed by atoms with Crippen molar-refractivity contribution in [3.05, 3.63) is 58.7 Å². The second-order valence-corrected chi connectivity index (χ2v) is 7.64. The van der Waals surface area contributed by atoms with Gasteiger partial charge in [0.1, 0.15) is 11.5 Å². The smallest absolute Gasteiger partial charge is 0.125 e. The molecule has 0 fully saturated rings. The third-order valence-corrected chi connectivity index (χ3v) is 4.83. The lowest BCUT2D eigenvalue weighted by molar-refractivity contribution is 0.390. The van der Waals surface area contributed by atoms with Crippen molar-refractivity contribution in [2.75, 3.05) is 20.8 Å². The predicted molar refractivity (Wildman–Crippen MR) is 105 cm³/mol. The Labute approximate surface area is 152 Å². The number of nitrogens with two attached hydrogens (primary N) is 1. The monoisotopic (exact) mass is 341 g/mol. The fraction of sp³-hybridized carbons (Fsp3) is 0.455. The molecular formula is C22H31NO2. The van der Waals surface area contributed by atoms with Crippen LogP contribution >= 0.6 is 0 Å². The Kier molecular flexibility index (Phi) is 6.12. The van der Waals surface area contributed by atoms with Gasteiger partial charge >= 0.3 is 0 Å². The highest BCUT2D eigenvalue weighted by atomic mass is 16.5. The first-order chi connectivity index (χ1) is 11.8. The van der Waals surface area contributed by atoms with E-state index in [0.29, 0.717) is 6.54 Å². The van der Waals surface area contributed by atoms with E-state index in [2.05, 4.69) is 52.0 Å². The lowest BCUT2D eigenvalue weighted by Crippen LogP contribution is -2.18. The molecule has 0 amide bonds. The van der Waals surface area contributed by atoms with Crippen molar-refractivity contribution in [1.29, 1.82) is 0 Å². The van der Waals surface area contributed by atoms with Crippen LogP contribution in [0, 0.1) is 6.92 Å². The summed E-state index contributed by atoms with van der Waals surface area (Å²) in [6.07, 6.45) is 0.845. The maximum atomic E-state index is 6.16. The summed E-state index contributed by atoms with van der Waals surface area (Å²) in [6, 6.07) is 12.7. The van der Waals surface area contributed by atoms with Gasteiger partial charge in [-0.1, -0.05) is 45.0 Å². The van der Waals surface area contributed by atoms with Gasteiger partial charge in [0.25, 0.3) is 0 Å². The first kappa shape index (κ1) is 19.3. The van der Waals surface area contributed by atoms with E-state index in [4.69, 9.17) is 15.2 Å². The Hall–Kier alpha value is -2.00. The van der Waals surface area contributed by atoms with E-state index < -0.39 is 0 Å². The summed E-state index contributed by atoms with van der Waals surface area (Å²) in [5, 5.41) is 0. The van der Waals surface area contributed by atoms with Crippen LogP contribution in [0.15, 0.2) is 36.4 Å². The van der Waals surface area contributed by atoms with E-state index in [9.17, 15) is 0 Å². The summed E-state index contributed by atoms with van der Waals surface area (Å²) in [5.41, 5.74) is 11.4. The van der Waals surface area contributed by atoms with Gasteiger partial charge in [0.05, 0.1) is 14.2 Å². The van der Waals surface area contributed by atoms with Gasteiger partial charge in [0, 0.05) is 12.0 Å². The van der Waals surface area contributed by atoms with Crippen molar-refractivity contribution in [3.8, 4) is 11.5 Å². The molecule has 2 rings (SSSR count). The minimum absolute atomic E-state index is 0.124. The van der Waals surface area contributed by atoms with Gasteiger partial charge in [-0.3, -0.25) is 0 Å². The number of benzene rings is 2. The molecule has 0 saturated heterocycles. The molecule has 136 valence electrons. The standard InChI is InChI=1S/C22H31NO2/c1-15-7-9-18(22(2,3)4)12-20(15)17(14-23)11-16-8-10-19(24-5)13-21(16)25-6/h7-10,12-13,17H,11,14,23H2,1-6H3. The van der Waals surface area contributed by atoms with E-state index in [1.54, 1.807) is 14.2 Å². The summed E-state index contributed by atoms with van der Waals surface area (Å²) in [5.74, 6) is 1.91. The SMILES string of the molecule is COc1ccc(CC(CN)c2cc(C(C)(C)C)ccc2C)c(OC)c1. The van der Waals surface area contributed by atoms with Gasteiger partial charge in [-0.15, -0.1) is 0 Å². The van der Waals surface area contributed by atoms with E-state index >= 15 is 0 Å². The van der Waals surface area contributed by atoms with Crippen molar-refractivity contribution in [2.45, 2.75) is 45.4 Å². The molecule has 0 bridgehead atoms. The van der Waals surface area contributed by atoms with Crippen molar-refractivity contribution >= 4 is 0 Å². The molecule has 3 nitrogen and oxygen atoms in total. The van der Waals surface area contributed by atoms with Crippen LogP contribution in [0.1, 0.15) is 48.9 Å². The van der Waals surface area contributed by atoms with Crippen LogP contribution < -0.4 is 15.2 Å². The molecule has 0 aliphatic carbocycles. The molecule has 2 aromatic carbocycles. The molecule has 2 N–H and O–H groups in total. The topological polar surface area (TPSA) is 44.5 Å². The zero-order valence-corrected chi connectivity index (χ0v) is 16.3. The summed E-state index contributed by atoms with van der Waals surface area (Å²) >= 11 is 0. The minimum atomic E-state index is 0.124. The molecule has 0 spiro atoms. The van der Waals surface area contributed by atoms with Gasteiger partial charge in [-0.05, 0) is 53.6 Å². The molecule has 1 unspecified atom stereocenters. The van der Waals surface area contributed by atoms with Gasteiger partial charge in [-0.25, -0.2) is 0 Å². The Morgan fingerprint density at radius 1 is 1.00 bits per heavy atom. The molecule has 2 aromatic rings. The highest BCUT2D eigenvalue weighted by Gasteiger charge is 2.20. The van der Waals surface area contributed by atoms with E-state index in [-0.39, 0.29) is 11.3 Å². The first-order valence-corrected chi connectivity index (χ1v) is 8.82. The Bertz CT molecular complexity index is 716. The molecule has 0 aromatic heterocycles. The minimum Gasteiger partial charge on any atom is -0.497 e. The molecule has 1 atom stereocenters. The third-order valence-electron chi connectivity index (χ3n) is 4.83. The van der Waals surface area contributed by atoms with Crippen LogP contribution in [0.5, 0.6) is 11.5 Å². The van der Waals surface area contributed by atoms with Crippen molar-refractivity contribution in [2.24, 2.45) is 5.73 Å². The molecule has 0 saturated carbocycles.